The first kappa shape index (κ1) is 13.9. The summed E-state index contributed by atoms with van der Waals surface area (Å²) in [6.45, 7) is 0. The summed E-state index contributed by atoms with van der Waals surface area (Å²) in [7, 11) is 1.93. The number of phenolic OH excluding ortho intramolecular Hbond substituents is 1. The Morgan fingerprint density at radius 3 is 2.71 bits per heavy atom. The van der Waals surface area contributed by atoms with Gasteiger partial charge < -0.3 is 9.67 Å². The van der Waals surface area contributed by atoms with E-state index in [1.165, 1.54) is 12.1 Å². The van der Waals surface area contributed by atoms with Gasteiger partial charge in [0.25, 0.3) is 0 Å². The van der Waals surface area contributed by atoms with Crippen LogP contribution in [-0.2, 0) is 7.05 Å². The van der Waals surface area contributed by atoms with Crippen molar-refractivity contribution in [1.82, 2.24) is 4.57 Å². The molecule has 3 rings (SSSR count). The van der Waals surface area contributed by atoms with Crippen LogP contribution in [0.15, 0.2) is 46.9 Å². The van der Waals surface area contributed by atoms with Gasteiger partial charge in [0.1, 0.15) is 11.6 Å². The number of rotatable bonds is 2. The van der Waals surface area contributed by atoms with E-state index in [0.717, 1.165) is 26.6 Å². The van der Waals surface area contributed by atoms with Crippen molar-refractivity contribution in [2.24, 2.45) is 7.05 Å². The second-order valence-electron chi connectivity index (χ2n) is 4.87. The molecule has 0 aliphatic rings. The minimum absolute atomic E-state index is 0.222. The summed E-state index contributed by atoms with van der Waals surface area (Å²) in [6.07, 6.45) is 3.74. The van der Waals surface area contributed by atoms with Crippen LogP contribution in [0.25, 0.3) is 23.1 Å². The first-order chi connectivity index (χ1) is 10.0. The molecule has 0 aliphatic carbocycles. The van der Waals surface area contributed by atoms with E-state index in [2.05, 4.69) is 15.9 Å². The Hall–Kier alpha value is -2.07. The van der Waals surface area contributed by atoms with E-state index < -0.39 is 0 Å². The molecule has 2 aromatic carbocycles. The number of hydrogen-bond donors (Lipinski definition) is 1. The Balaban J connectivity index is 2.03. The van der Waals surface area contributed by atoms with Crippen LogP contribution in [0.3, 0.4) is 0 Å². The largest absolute Gasteiger partial charge is 0.507 e. The molecule has 1 heterocycles. The molecule has 21 heavy (non-hydrogen) atoms. The van der Waals surface area contributed by atoms with Crippen molar-refractivity contribution in [3.8, 4) is 5.75 Å². The number of hydrogen-bond acceptors (Lipinski definition) is 1. The Bertz CT molecular complexity index is 851. The number of aromatic nitrogens is 1. The molecule has 2 nitrogen and oxygen atoms in total. The fourth-order valence-electron chi connectivity index (χ4n) is 2.34. The second-order valence-corrected chi connectivity index (χ2v) is 5.78. The lowest BCUT2D eigenvalue weighted by atomic mass is 10.2. The maximum atomic E-state index is 13.3. The van der Waals surface area contributed by atoms with Crippen LogP contribution in [0.4, 0.5) is 4.39 Å². The van der Waals surface area contributed by atoms with Crippen molar-refractivity contribution < 1.29 is 9.50 Å². The van der Waals surface area contributed by atoms with Crippen LogP contribution in [-0.4, -0.2) is 9.67 Å². The number of benzene rings is 2. The summed E-state index contributed by atoms with van der Waals surface area (Å²) in [5, 5.41) is 10.7. The number of aromatic hydroxyl groups is 1. The number of fused-ring (bicyclic) bond motifs is 1. The van der Waals surface area contributed by atoms with Crippen LogP contribution in [0.1, 0.15) is 11.3 Å². The predicted octanol–water partition coefficient (Wildman–Crippen LogP) is 4.96. The molecule has 0 atom stereocenters. The van der Waals surface area contributed by atoms with E-state index in [1.54, 1.807) is 18.2 Å². The van der Waals surface area contributed by atoms with Crippen molar-refractivity contribution in [2.75, 3.05) is 0 Å². The number of halogens is 2. The smallest absolute Gasteiger partial charge is 0.123 e. The molecule has 106 valence electrons. The molecule has 1 aromatic heterocycles. The third-order valence-electron chi connectivity index (χ3n) is 3.46. The molecular formula is C17H13BrFNO. The molecule has 4 heteroatoms. The summed E-state index contributed by atoms with van der Waals surface area (Å²) in [4.78, 5) is 0. The molecule has 0 saturated carbocycles. The van der Waals surface area contributed by atoms with Crippen LogP contribution in [0.5, 0.6) is 5.75 Å². The van der Waals surface area contributed by atoms with Crippen LogP contribution < -0.4 is 0 Å². The van der Waals surface area contributed by atoms with E-state index in [-0.39, 0.29) is 11.6 Å². The monoisotopic (exact) mass is 345 g/mol. The number of phenols is 1. The topological polar surface area (TPSA) is 25.2 Å². The van der Waals surface area contributed by atoms with Gasteiger partial charge in [0.15, 0.2) is 0 Å². The zero-order chi connectivity index (χ0) is 15.0. The summed E-state index contributed by atoms with van der Waals surface area (Å²) in [6, 6.07) is 11.9. The van der Waals surface area contributed by atoms with Crippen molar-refractivity contribution in [3.63, 3.8) is 0 Å². The number of nitrogens with zero attached hydrogens (tertiary/aromatic N) is 1. The lowest BCUT2D eigenvalue weighted by molar-refractivity contribution is 0.474. The molecular weight excluding hydrogens is 333 g/mol. The van der Waals surface area contributed by atoms with Crippen molar-refractivity contribution in [3.05, 3.63) is 64.0 Å². The first-order valence-electron chi connectivity index (χ1n) is 6.46. The molecule has 0 radical (unpaired) electrons. The van der Waals surface area contributed by atoms with Gasteiger partial charge in [0.05, 0.1) is 0 Å². The van der Waals surface area contributed by atoms with Crippen molar-refractivity contribution in [2.45, 2.75) is 0 Å². The van der Waals surface area contributed by atoms with Crippen molar-refractivity contribution >= 4 is 39.0 Å². The number of aryl methyl sites for hydroxylation is 1. The maximum absolute atomic E-state index is 13.3. The Labute approximate surface area is 130 Å². The average molecular weight is 346 g/mol. The first-order valence-corrected chi connectivity index (χ1v) is 7.25. The van der Waals surface area contributed by atoms with E-state index in [1.807, 2.05) is 35.9 Å². The molecule has 0 amide bonds. The molecule has 0 bridgehead atoms. The van der Waals surface area contributed by atoms with Crippen molar-refractivity contribution in [1.29, 1.82) is 0 Å². The fraction of sp³-hybridized carbons (Fsp3) is 0.0588. The lowest BCUT2D eigenvalue weighted by Crippen LogP contribution is -1.89. The fourth-order valence-corrected chi connectivity index (χ4v) is 2.71. The van der Waals surface area contributed by atoms with Gasteiger partial charge in [-0.05, 0) is 54.6 Å². The standard InChI is InChI=1S/C17H13BrFNO/c1-20-15(10-12-9-14(19)4-6-16(12)20)5-2-11-8-13(18)3-7-17(11)21/h2-10,21H,1H3/b5-2+. The Morgan fingerprint density at radius 2 is 1.90 bits per heavy atom. The SMILES string of the molecule is Cn1c(/C=C/c2cc(Br)ccc2O)cc2cc(F)ccc21. The van der Waals surface area contributed by atoms with Gasteiger partial charge in [-0.1, -0.05) is 15.9 Å². The highest BCUT2D eigenvalue weighted by Crippen LogP contribution is 2.25. The van der Waals surface area contributed by atoms with Gasteiger partial charge in [-0.25, -0.2) is 4.39 Å². The van der Waals surface area contributed by atoms with E-state index in [4.69, 9.17) is 0 Å². The Morgan fingerprint density at radius 1 is 1.10 bits per heavy atom. The highest BCUT2D eigenvalue weighted by molar-refractivity contribution is 9.10. The quantitative estimate of drug-likeness (QED) is 0.697. The lowest BCUT2D eigenvalue weighted by Gasteiger charge is -2.01. The van der Waals surface area contributed by atoms with E-state index in [9.17, 15) is 9.50 Å². The van der Waals surface area contributed by atoms with E-state index in [0.29, 0.717) is 0 Å². The average Bonchev–Trinajstić information content (AvgIpc) is 2.76. The highest BCUT2D eigenvalue weighted by Gasteiger charge is 2.05. The van der Waals surface area contributed by atoms with Gasteiger partial charge in [-0.3, -0.25) is 0 Å². The summed E-state index contributed by atoms with van der Waals surface area (Å²) < 4.78 is 16.1. The van der Waals surface area contributed by atoms with Gasteiger partial charge in [-0.15, -0.1) is 0 Å². The minimum atomic E-state index is -0.242. The van der Waals surface area contributed by atoms with Gasteiger partial charge in [0, 0.05) is 33.7 Å². The summed E-state index contributed by atoms with van der Waals surface area (Å²) in [5.41, 5.74) is 2.63. The van der Waals surface area contributed by atoms with Crippen LogP contribution in [0.2, 0.25) is 0 Å². The minimum Gasteiger partial charge on any atom is -0.507 e. The molecule has 0 aliphatic heterocycles. The summed E-state index contributed by atoms with van der Waals surface area (Å²) in [5.74, 6) is -0.0208. The zero-order valence-electron chi connectivity index (χ0n) is 11.3. The van der Waals surface area contributed by atoms with E-state index >= 15 is 0 Å². The van der Waals surface area contributed by atoms with Crippen LogP contribution in [0, 0.1) is 5.82 Å². The van der Waals surface area contributed by atoms with Gasteiger partial charge >= 0.3 is 0 Å². The van der Waals surface area contributed by atoms with Gasteiger partial charge in [0.2, 0.25) is 0 Å². The molecule has 0 saturated heterocycles. The zero-order valence-corrected chi connectivity index (χ0v) is 12.9. The summed E-state index contributed by atoms with van der Waals surface area (Å²) >= 11 is 3.38. The molecule has 0 unspecified atom stereocenters. The molecule has 3 aromatic rings. The van der Waals surface area contributed by atoms with Gasteiger partial charge in [-0.2, -0.15) is 0 Å². The third-order valence-corrected chi connectivity index (χ3v) is 3.96. The molecule has 1 N–H and O–H groups in total. The Kier molecular flexibility index (Phi) is 3.55. The highest BCUT2D eigenvalue weighted by atomic mass is 79.9. The normalized spacial score (nSPS) is 11.6. The maximum Gasteiger partial charge on any atom is 0.123 e. The second kappa shape index (κ2) is 5.37. The third kappa shape index (κ3) is 2.72. The molecule has 0 fully saturated rings. The molecule has 0 spiro atoms. The predicted molar refractivity (Wildman–Crippen MR) is 87.6 cm³/mol. The van der Waals surface area contributed by atoms with Crippen LogP contribution >= 0.6 is 15.9 Å².